The van der Waals surface area contributed by atoms with Gasteiger partial charge in [0.2, 0.25) is 10.0 Å². The molecule has 29 heavy (non-hydrogen) atoms. The largest absolute Gasteiger partial charge is 0.314 e. The minimum absolute atomic E-state index is 0.159. The van der Waals surface area contributed by atoms with Crippen LogP contribution in [0, 0.1) is 13.8 Å². The molecule has 7 nitrogen and oxygen atoms in total. The molecule has 0 aromatic heterocycles. The Morgan fingerprint density at radius 3 is 1.93 bits per heavy atom. The molecule has 1 fully saturated rings. The highest BCUT2D eigenvalue weighted by Gasteiger charge is 2.34. The van der Waals surface area contributed by atoms with Gasteiger partial charge in [0.25, 0.3) is 0 Å². The molecule has 0 aliphatic carbocycles. The van der Waals surface area contributed by atoms with Gasteiger partial charge in [0, 0.05) is 32.7 Å². The molecule has 2 N–H and O–H groups in total. The molecule has 1 saturated heterocycles. The summed E-state index contributed by atoms with van der Waals surface area (Å²) in [6, 6.07) is 13.2. The number of rotatable bonds is 4. The molecule has 0 radical (unpaired) electrons. The summed E-state index contributed by atoms with van der Waals surface area (Å²) in [6.45, 7) is 5.23. The molecule has 9 heteroatoms. The second-order valence-corrected chi connectivity index (χ2v) is 11.3. The third-order valence-corrected chi connectivity index (χ3v) is 8.84. The average Bonchev–Trinajstić information content (AvgIpc) is 2.81. The first-order valence-corrected chi connectivity index (χ1v) is 12.5. The van der Waals surface area contributed by atoms with Gasteiger partial charge in [-0.2, -0.15) is 4.31 Å². The summed E-state index contributed by atoms with van der Waals surface area (Å²) in [5.74, 6) is 0. The fourth-order valence-electron chi connectivity index (χ4n) is 3.17. The summed E-state index contributed by atoms with van der Waals surface area (Å²) in [6.07, 6.45) is 0. The second kappa shape index (κ2) is 8.93. The van der Waals surface area contributed by atoms with Crippen molar-refractivity contribution in [2.45, 2.75) is 29.0 Å². The molecule has 3 rings (SSSR count). The predicted octanol–water partition coefficient (Wildman–Crippen LogP) is 1.29. The van der Waals surface area contributed by atoms with Gasteiger partial charge in [0.15, 0.2) is 9.84 Å². The third-order valence-electron chi connectivity index (χ3n) is 4.96. The standard InChI is InChI=1S/C20H27N3O4S2/c1-16-3-7-18(8-4-16)28(24,25)20-15-23(14-13-21-11-12-22-20)29(26,27)19-9-5-17(2)6-10-19/h3-10,20-22H,11-15H2,1-2H3. The fourth-order valence-corrected chi connectivity index (χ4v) is 6.28. The number of hydrogen-bond acceptors (Lipinski definition) is 6. The number of sulfonamides is 1. The van der Waals surface area contributed by atoms with E-state index in [-0.39, 0.29) is 22.9 Å². The first kappa shape index (κ1) is 21.9. The van der Waals surface area contributed by atoms with Gasteiger partial charge in [-0.25, -0.2) is 16.8 Å². The van der Waals surface area contributed by atoms with Crippen LogP contribution in [0.5, 0.6) is 0 Å². The summed E-state index contributed by atoms with van der Waals surface area (Å²) >= 11 is 0. The molecule has 158 valence electrons. The first-order valence-electron chi connectivity index (χ1n) is 9.53. The van der Waals surface area contributed by atoms with E-state index in [0.717, 1.165) is 11.1 Å². The van der Waals surface area contributed by atoms with Crippen LogP contribution in [0.4, 0.5) is 0 Å². The van der Waals surface area contributed by atoms with E-state index in [0.29, 0.717) is 19.6 Å². The van der Waals surface area contributed by atoms with Crippen molar-refractivity contribution in [3.63, 3.8) is 0 Å². The Hall–Kier alpha value is -1.78. The van der Waals surface area contributed by atoms with Crippen LogP contribution in [0.3, 0.4) is 0 Å². The Kier molecular flexibility index (Phi) is 6.75. The molecule has 1 aliphatic rings. The van der Waals surface area contributed by atoms with Crippen molar-refractivity contribution in [2.75, 3.05) is 32.7 Å². The van der Waals surface area contributed by atoms with E-state index in [1.165, 1.54) is 4.31 Å². The summed E-state index contributed by atoms with van der Waals surface area (Å²) in [7, 11) is -7.59. The third kappa shape index (κ3) is 5.04. The highest BCUT2D eigenvalue weighted by atomic mass is 32.2. The molecule has 0 bridgehead atoms. The van der Waals surface area contributed by atoms with Crippen LogP contribution < -0.4 is 10.6 Å². The van der Waals surface area contributed by atoms with Crippen LogP contribution in [-0.2, 0) is 19.9 Å². The Morgan fingerprint density at radius 1 is 0.793 bits per heavy atom. The van der Waals surface area contributed by atoms with Crippen molar-refractivity contribution < 1.29 is 16.8 Å². The van der Waals surface area contributed by atoms with E-state index in [1.54, 1.807) is 48.5 Å². The van der Waals surface area contributed by atoms with Crippen molar-refractivity contribution in [3.05, 3.63) is 59.7 Å². The van der Waals surface area contributed by atoms with Gasteiger partial charge in [0.05, 0.1) is 9.79 Å². The molecule has 2 aromatic rings. The van der Waals surface area contributed by atoms with Crippen LogP contribution in [0.2, 0.25) is 0 Å². The number of sulfone groups is 1. The highest BCUT2D eigenvalue weighted by Crippen LogP contribution is 2.21. The molecule has 1 heterocycles. The van der Waals surface area contributed by atoms with E-state index in [1.807, 2.05) is 13.8 Å². The second-order valence-electron chi connectivity index (χ2n) is 7.23. The summed E-state index contributed by atoms with van der Waals surface area (Å²) in [5.41, 5.74) is 1.91. The van der Waals surface area contributed by atoms with E-state index in [2.05, 4.69) is 10.6 Å². The first-order chi connectivity index (χ1) is 13.7. The van der Waals surface area contributed by atoms with Crippen molar-refractivity contribution in [1.82, 2.24) is 14.9 Å². The molecule has 0 spiro atoms. The lowest BCUT2D eigenvalue weighted by atomic mass is 10.2. The van der Waals surface area contributed by atoms with Gasteiger partial charge in [-0.1, -0.05) is 35.4 Å². The lowest BCUT2D eigenvalue weighted by Crippen LogP contribution is -2.48. The Labute approximate surface area is 173 Å². The zero-order valence-corrected chi connectivity index (χ0v) is 18.3. The quantitative estimate of drug-likeness (QED) is 0.748. The predicted molar refractivity (Wildman–Crippen MR) is 113 cm³/mol. The highest BCUT2D eigenvalue weighted by molar-refractivity contribution is 7.92. The van der Waals surface area contributed by atoms with Crippen LogP contribution in [0.15, 0.2) is 58.3 Å². The van der Waals surface area contributed by atoms with E-state index >= 15 is 0 Å². The fraction of sp³-hybridized carbons (Fsp3) is 0.400. The maximum atomic E-state index is 13.2. The molecule has 1 aliphatic heterocycles. The average molecular weight is 438 g/mol. The topological polar surface area (TPSA) is 95.6 Å². The van der Waals surface area contributed by atoms with Gasteiger partial charge in [-0.05, 0) is 38.1 Å². The summed E-state index contributed by atoms with van der Waals surface area (Å²) < 4.78 is 54.1. The monoisotopic (exact) mass is 437 g/mol. The van der Waals surface area contributed by atoms with Gasteiger partial charge in [-0.15, -0.1) is 0 Å². The van der Waals surface area contributed by atoms with Gasteiger partial charge >= 0.3 is 0 Å². The Balaban J connectivity index is 1.95. The number of benzene rings is 2. The van der Waals surface area contributed by atoms with Crippen LogP contribution in [-0.4, -0.2) is 59.2 Å². The van der Waals surface area contributed by atoms with Crippen LogP contribution in [0.25, 0.3) is 0 Å². The summed E-state index contributed by atoms with van der Waals surface area (Å²) in [4.78, 5) is 0.342. The molecular formula is C20H27N3O4S2. The van der Waals surface area contributed by atoms with Crippen molar-refractivity contribution in [2.24, 2.45) is 0 Å². The SMILES string of the molecule is Cc1ccc(S(=O)(=O)C2CN(S(=O)(=O)c3ccc(C)cc3)CCNCCN2)cc1. The molecule has 0 saturated carbocycles. The zero-order valence-electron chi connectivity index (χ0n) is 16.6. The normalized spacial score (nSPS) is 19.9. The minimum Gasteiger partial charge on any atom is -0.314 e. The van der Waals surface area contributed by atoms with Crippen molar-refractivity contribution >= 4 is 19.9 Å². The number of nitrogens with one attached hydrogen (secondary N) is 2. The molecular weight excluding hydrogens is 410 g/mol. The molecule has 2 aromatic carbocycles. The van der Waals surface area contributed by atoms with E-state index in [9.17, 15) is 16.8 Å². The minimum atomic E-state index is -3.83. The number of aryl methyl sites for hydroxylation is 2. The van der Waals surface area contributed by atoms with Gasteiger partial charge < -0.3 is 5.32 Å². The zero-order chi connectivity index (χ0) is 21.1. The number of hydrogen-bond donors (Lipinski definition) is 2. The molecule has 1 unspecified atom stereocenters. The van der Waals surface area contributed by atoms with Crippen molar-refractivity contribution in [3.8, 4) is 0 Å². The molecule has 0 amide bonds. The van der Waals surface area contributed by atoms with Crippen LogP contribution >= 0.6 is 0 Å². The number of nitrogens with zero attached hydrogens (tertiary/aromatic N) is 1. The van der Waals surface area contributed by atoms with E-state index in [4.69, 9.17) is 0 Å². The maximum Gasteiger partial charge on any atom is 0.243 e. The Morgan fingerprint density at radius 2 is 1.34 bits per heavy atom. The maximum absolute atomic E-state index is 13.2. The van der Waals surface area contributed by atoms with Gasteiger partial charge in [-0.3, -0.25) is 5.32 Å². The molecule has 1 atom stereocenters. The van der Waals surface area contributed by atoms with E-state index < -0.39 is 25.2 Å². The van der Waals surface area contributed by atoms with Gasteiger partial charge in [0.1, 0.15) is 5.37 Å². The summed E-state index contributed by atoms with van der Waals surface area (Å²) in [5, 5.41) is 5.13. The lowest BCUT2D eigenvalue weighted by molar-refractivity contribution is 0.397. The van der Waals surface area contributed by atoms with Crippen LogP contribution in [0.1, 0.15) is 11.1 Å². The van der Waals surface area contributed by atoms with Crippen molar-refractivity contribution in [1.29, 1.82) is 0 Å². The smallest absolute Gasteiger partial charge is 0.243 e. The Bertz CT molecular complexity index is 949. The lowest BCUT2D eigenvalue weighted by Gasteiger charge is -2.26.